The van der Waals surface area contributed by atoms with E-state index < -0.39 is 0 Å². The number of hydrogen-bond donors (Lipinski definition) is 0. The zero-order valence-electron chi connectivity index (χ0n) is 12.8. The molecule has 5 nitrogen and oxygen atoms in total. The molecule has 6 heteroatoms. The second-order valence-corrected chi connectivity index (χ2v) is 6.96. The molecule has 2 aromatic heterocycles. The first-order chi connectivity index (χ1) is 10.2. The Morgan fingerprint density at radius 3 is 3.00 bits per heavy atom. The summed E-state index contributed by atoms with van der Waals surface area (Å²) in [5, 5.41) is 7.71. The fourth-order valence-corrected chi connectivity index (χ4v) is 3.71. The van der Waals surface area contributed by atoms with Gasteiger partial charge in [0.2, 0.25) is 0 Å². The summed E-state index contributed by atoms with van der Waals surface area (Å²) < 4.78 is 1.95. The summed E-state index contributed by atoms with van der Waals surface area (Å²) in [6.07, 6.45) is 7.26. The van der Waals surface area contributed by atoms with Crippen LogP contribution in [-0.4, -0.2) is 37.2 Å². The van der Waals surface area contributed by atoms with Crippen LogP contribution in [0.1, 0.15) is 49.7 Å². The first-order valence-corrected chi connectivity index (χ1v) is 8.61. The van der Waals surface area contributed by atoms with Gasteiger partial charge in [-0.1, -0.05) is 20.3 Å². The normalized spacial score (nSPS) is 20.2. The van der Waals surface area contributed by atoms with Crippen molar-refractivity contribution in [2.75, 3.05) is 6.54 Å². The van der Waals surface area contributed by atoms with E-state index in [-0.39, 0.29) is 0 Å². The number of rotatable bonds is 5. The van der Waals surface area contributed by atoms with Crippen LogP contribution in [0.4, 0.5) is 0 Å². The molecule has 0 bridgehead atoms. The molecule has 1 saturated heterocycles. The second-order valence-electron chi connectivity index (χ2n) is 6.07. The van der Waals surface area contributed by atoms with Crippen LogP contribution in [0.3, 0.4) is 0 Å². The Bertz CT molecular complexity index is 548. The lowest BCUT2D eigenvalue weighted by Gasteiger charge is -2.35. The molecular formula is C15H23N5S. The van der Waals surface area contributed by atoms with Gasteiger partial charge >= 0.3 is 0 Å². The Morgan fingerprint density at radius 2 is 2.29 bits per heavy atom. The number of nitrogens with zero attached hydrogens (tertiary/aromatic N) is 5. The number of thiazole rings is 1. The molecule has 0 saturated carbocycles. The molecule has 0 aromatic carbocycles. The van der Waals surface area contributed by atoms with Gasteiger partial charge < -0.3 is 0 Å². The third-order valence-corrected chi connectivity index (χ3v) is 5.24. The highest BCUT2D eigenvalue weighted by Crippen LogP contribution is 2.24. The van der Waals surface area contributed by atoms with E-state index in [9.17, 15) is 0 Å². The van der Waals surface area contributed by atoms with Crippen molar-refractivity contribution >= 4 is 11.3 Å². The van der Waals surface area contributed by atoms with E-state index in [2.05, 4.69) is 34.2 Å². The molecule has 0 spiro atoms. The predicted molar refractivity (Wildman–Crippen MR) is 84.3 cm³/mol. The standard InChI is InChI=1S/C15H23N5S/c1-12(2)15-18-13(9-21-15)7-19-6-4-3-5-14(19)8-20-11-16-10-17-20/h9-12,14H,3-8H2,1-2H3/t14-/m1/s1. The predicted octanol–water partition coefficient (Wildman–Crippen LogP) is 2.91. The summed E-state index contributed by atoms with van der Waals surface area (Å²) in [7, 11) is 0. The minimum absolute atomic E-state index is 0.524. The maximum Gasteiger partial charge on any atom is 0.137 e. The van der Waals surface area contributed by atoms with E-state index in [1.165, 1.54) is 30.0 Å². The Labute approximate surface area is 130 Å². The molecule has 1 aliphatic rings. The third-order valence-electron chi connectivity index (χ3n) is 4.04. The fraction of sp³-hybridized carbons (Fsp3) is 0.667. The van der Waals surface area contributed by atoms with Crippen LogP contribution in [0, 0.1) is 0 Å². The van der Waals surface area contributed by atoms with Gasteiger partial charge in [0, 0.05) is 23.9 Å². The molecule has 0 radical (unpaired) electrons. The van der Waals surface area contributed by atoms with Crippen molar-refractivity contribution in [1.82, 2.24) is 24.6 Å². The topological polar surface area (TPSA) is 46.8 Å². The summed E-state index contributed by atoms with van der Waals surface area (Å²) >= 11 is 1.79. The first kappa shape index (κ1) is 14.7. The summed E-state index contributed by atoms with van der Waals surface area (Å²) in [5.74, 6) is 0.524. The van der Waals surface area contributed by atoms with Crippen molar-refractivity contribution in [1.29, 1.82) is 0 Å². The van der Waals surface area contributed by atoms with Gasteiger partial charge in [-0.25, -0.2) is 9.97 Å². The number of hydrogen-bond acceptors (Lipinski definition) is 5. The molecule has 114 valence electrons. The minimum atomic E-state index is 0.524. The third kappa shape index (κ3) is 3.68. The first-order valence-electron chi connectivity index (χ1n) is 7.73. The van der Waals surface area contributed by atoms with Gasteiger partial charge in [0.15, 0.2) is 0 Å². The van der Waals surface area contributed by atoms with Crippen LogP contribution >= 0.6 is 11.3 Å². The van der Waals surface area contributed by atoms with Crippen molar-refractivity contribution in [2.45, 2.75) is 58.2 Å². The molecule has 0 N–H and O–H groups in total. The van der Waals surface area contributed by atoms with Gasteiger partial charge in [0.25, 0.3) is 0 Å². The van der Waals surface area contributed by atoms with Gasteiger partial charge in [-0.3, -0.25) is 9.58 Å². The Balaban J connectivity index is 1.65. The van der Waals surface area contributed by atoms with E-state index >= 15 is 0 Å². The van der Waals surface area contributed by atoms with E-state index in [0.717, 1.165) is 19.6 Å². The average Bonchev–Trinajstić information content (AvgIpc) is 3.12. The minimum Gasteiger partial charge on any atom is -0.293 e. The monoisotopic (exact) mass is 305 g/mol. The Kier molecular flexibility index (Phi) is 4.65. The average molecular weight is 305 g/mol. The maximum absolute atomic E-state index is 4.78. The molecule has 0 unspecified atom stereocenters. The number of likely N-dealkylation sites (tertiary alicyclic amines) is 1. The van der Waals surface area contributed by atoms with Crippen molar-refractivity contribution in [3.8, 4) is 0 Å². The molecule has 3 rings (SSSR count). The SMILES string of the molecule is CC(C)c1nc(CN2CCCC[C@@H]2Cn2cncn2)cs1. The van der Waals surface area contributed by atoms with Gasteiger partial charge in [0.1, 0.15) is 12.7 Å². The lowest BCUT2D eigenvalue weighted by atomic mass is 10.0. The smallest absolute Gasteiger partial charge is 0.137 e. The molecule has 1 fully saturated rings. The molecule has 21 heavy (non-hydrogen) atoms. The van der Waals surface area contributed by atoms with Crippen LogP contribution in [0.15, 0.2) is 18.0 Å². The summed E-state index contributed by atoms with van der Waals surface area (Å²) in [6, 6.07) is 0.546. The van der Waals surface area contributed by atoms with E-state index in [1.807, 2.05) is 11.0 Å². The van der Waals surface area contributed by atoms with Crippen LogP contribution in [0.5, 0.6) is 0 Å². The van der Waals surface area contributed by atoms with Gasteiger partial charge in [-0.2, -0.15) is 5.10 Å². The summed E-state index contributed by atoms with van der Waals surface area (Å²) in [6.45, 7) is 7.46. The Hall–Kier alpha value is -1.27. The van der Waals surface area contributed by atoms with Crippen molar-refractivity contribution in [3.63, 3.8) is 0 Å². The molecule has 3 heterocycles. The van der Waals surface area contributed by atoms with Crippen molar-refractivity contribution in [2.24, 2.45) is 0 Å². The van der Waals surface area contributed by atoms with E-state index in [4.69, 9.17) is 4.98 Å². The highest BCUT2D eigenvalue weighted by atomic mass is 32.1. The number of aromatic nitrogens is 4. The second kappa shape index (κ2) is 6.66. The molecule has 1 aliphatic heterocycles. The van der Waals surface area contributed by atoms with Crippen LogP contribution in [-0.2, 0) is 13.1 Å². The molecule has 0 amide bonds. The zero-order valence-corrected chi connectivity index (χ0v) is 13.6. The maximum atomic E-state index is 4.78. The quantitative estimate of drug-likeness (QED) is 0.852. The molecule has 0 aliphatic carbocycles. The van der Waals surface area contributed by atoms with E-state index in [1.54, 1.807) is 17.7 Å². The van der Waals surface area contributed by atoms with Gasteiger partial charge in [0.05, 0.1) is 17.2 Å². The number of piperidine rings is 1. The van der Waals surface area contributed by atoms with E-state index in [0.29, 0.717) is 12.0 Å². The van der Waals surface area contributed by atoms with Crippen LogP contribution < -0.4 is 0 Å². The van der Waals surface area contributed by atoms with Gasteiger partial charge in [-0.15, -0.1) is 11.3 Å². The molecule has 1 atom stereocenters. The Morgan fingerprint density at radius 1 is 1.38 bits per heavy atom. The fourth-order valence-electron chi connectivity index (χ4n) is 2.89. The van der Waals surface area contributed by atoms with Crippen molar-refractivity contribution in [3.05, 3.63) is 28.7 Å². The highest BCUT2D eigenvalue weighted by Gasteiger charge is 2.24. The summed E-state index contributed by atoms with van der Waals surface area (Å²) in [4.78, 5) is 11.4. The lowest BCUT2D eigenvalue weighted by Crippen LogP contribution is -2.41. The van der Waals surface area contributed by atoms with Crippen LogP contribution in [0.25, 0.3) is 0 Å². The zero-order chi connectivity index (χ0) is 14.7. The van der Waals surface area contributed by atoms with Crippen LogP contribution in [0.2, 0.25) is 0 Å². The van der Waals surface area contributed by atoms with Gasteiger partial charge in [-0.05, 0) is 19.4 Å². The summed E-state index contributed by atoms with van der Waals surface area (Å²) in [5.41, 5.74) is 1.22. The highest BCUT2D eigenvalue weighted by molar-refractivity contribution is 7.09. The lowest BCUT2D eigenvalue weighted by molar-refractivity contribution is 0.120. The molecular weight excluding hydrogens is 282 g/mol. The molecule has 2 aromatic rings. The largest absolute Gasteiger partial charge is 0.293 e. The van der Waals surface area contributed by atoms with Crippen molar-refractivity contribution < 1.29 is 0 Å².